The van der Waals surface area contributed by atoms with Gasteiger partial charge in [-0.1, -0.05) is 0 Å². The van der Waals surface area contributed by atoms with Gasteiger partial charge >= 0.3 is 0 Å². The van der Waals surface area contributed by atoms with Gasteiger partial charge in [-0.05, 0) is 65.7 Å². The van der Waals surface area contributed by atoms with E-state index in [4.69, 9.17) is 0 Å². The van der Waals surface area contributed by atoms with E-state index in [-0.39, 0.29) is 23.1 Å². The molecule has 0 saturated carbocycles. The summed E-state index contributed by atoms with van der Waals surface area (Å²) in [4.78, 5) is 14.5. The molecule has 2 heterocycles. The summed E-state index contributed by atoms with van der Waals surface area (Å²) in [6.45, 7) is 10.5. The molecule has 0 aliphatic carbocycles. The molecule has 0 bridgehead atoms. The highest BCUT2D eigenvalue weighted by Gasteiger charge is 2.38. The van der Waals surface area contributed by atoms with Crippen molar-refractivity contribution in [3.8, 4) is 0 Å². The number of hydrogen-bond acceptors (Lipinski definition) is 3. The van der Waals surface area contributed by atoms with E-state index in [2.05, 4.69) is 33.0 Å². The summed E-state index contributed by atoms with van der Waals surface area (Å²) in [6.07, 6.45) is 5.03. The summed E-state index contributed by atoms with van der Waals surface area (Å²) in [6, 6.07) is 0. The first-order valence-corrected chi connectivity index (χ1v) is 8.42. The van der Waals surface area contributed by atoms with Gasteiger partial charge in [0.05, 0.1) is 6.10 Å². The molecule has 0 aromatic carbocycles. The first kappa shape index (κ1) is 16.8. The van der Waals surface area contributed by atoms with Crippen LogP contribution >= 0.6 is 0 Å². The second kappa shape index (κ2) is 6.25. The van der Waals surface area contributed by atoms with Crippen molar-refractivity contribution in [3.05, 3.63) is 0 Å². The molecule has 2 aliphatic heterocycles. The van der Waals surface area contributed by atoms with Crippen LogP contribution in [0.15, 0.2) is 0 Å². The smallest absolute Gasteiger partial charge is 0.222 e. The van der Waals surface area contributed by atoms with Crippen LogP contribution in [0.25, 0.3) is 0 Å². The number of piperidine rings is 1. The van der Waals surface area contributed by atoms with Crippen molar-refractivity contribution >= 4 is 5.91 Å². The van der Waals surface area contributed by atoms with E-state index >= 15 is 0 Å². The van der Waals surface area contributed by atoms with Crippen molar-refractivity contribution in [2.75, 3.05) is 13.1 Å². The van der Waals surface area contributed by atoms with Crippen molar-refractivity contribution < 1.29 is 9.90 Å². The largest absolute Gasteiger partial charge is 0.393 e. The monoisotopic (exact) mass is 296 g/mol. The summed E-state index contributed by atoms with van der Waals surface area (Å²) in [5.74, 6) is 0.736. The van der Waals surface area contributed by atoms with Crippen LogP contribution in [0.4, 0.5) is 0 Å². The number of aliphatic hydroxyl groups excluding tert-OH is 1. The Hall–Kier alpha value is -0.610. The van der Waals surface area contributed by atoms with Gasteiger partial charge in [-0.25, -0.2) is 0 Å². The normalized spacial score (nSPS) is 30.0. The lowest BCUT2D eigenvalue weighted by atomic mass is 9.74. The van der Waals surface area contributed by atoms with Crippen molar-refractivity contribution in [2.45, 2.75) is 83.4 Å². The molecular formula is C17H32N2O2. The summed E-state index contributed by atoms with van der Waals surface area (Å²) >= 11 is 0. The maximum atomic E-state index is 12.6. The second-order valence-electron chi connectivity index (χ2n) is 8.34. The van der Waals surface area contributed by atoms with Crippen molar-refractivity contribution in [3.63, 3.8) is 0 Å². The highest BCUT2D eigenvalue weighted by molar-refractivity contribution is 5.76. The quantitative estimate of drug-likeness (QED) is 0.822. The molecule has 2 rings (SSSR count). The van der Waals surface area contributed by atoms with E-state index in [0.717, 1.165) is 45.2 Å². The van der Waals surface area contributed by atoms with Gasteiger partial charge in [0.25, 0.3) is 0 Å². The number of rotatable bonds is 2. The fourth-order valence-corrected chi connectivity index (χ4v) is 4.38. The van der Waals surface area contributed by atoms with E-state index in [1.54, 1.807) is 0 Å². The fraction of sp³-hybridized carbons (Fsp3) is 0.941. The van der Waals surface area contributed by atoms with Crippen LogP contribution in [0.5, 0.6) is 0 Å². The average Bonchev–Trinajstić information content (AvgIpc) is 2.49. The molecule has 2 saturated heterocycles. The van der Waals surface area contributed by atoms with Gasteiger partial charge in [-0.15, -0.1) is 0 Å². The van der Waals surface area contributed by atoms with Crippen LogP contribution in [0.1, 0.15) is 66.2 Å². The van der Waals surface area contributed by atoms with E-state index in [1.807, 2.05) is 4.90 Å². The van der Waals surface area contributed by atoms with Gasteiger partial charge < -0.3 is 15.3 Å². The van der Waals surface area contributed by atoms with E-state index in [9.17, 15) is 9.90 Å². The third kappa shape index (κ3) is 4.96. The summed E-state index contributed by atoms with van der Waals surface area (Å²) in [5.41, 5.74) is 0.198. The Balaban J connectivity index is 1.92. The van der Waals surface area contributed by atoms with Crippen LogP contribution in [0.2, 0.25) is 0 Å². The lowest BCUT2D eigenvalue weighted by molar-refractivity contribution is -0.132. The number of nitrogens with zero attached hydrogens (tertiary/aromatic N) is 1. The molecule has 0 spiro atoms. The number of carbonyl (C=O) groups excluding carboxylic acids is 1. The van der Waals surface area contributed by atoms with Crippen LogP contribution < -0.4 is 5.32 Å². The highest BCUT2D eigenvalue weighted by Crippen LogP contribution is 2.35. The predicted octanol–water partition coefficient (Wildman–Crippen LogP) is 2.31. The molecule has 1 amide bonds. The van der Waals surface area contributed by atoms with Crippen LogP contribution in [0, 0.1) is 5.92 Å². The molecule has 0 radical (unpaired) electrons. The minimum atomic E-state index is -0.223. The second-order valence-corrected chi connectivity index (χ2v) is 8.34. The van der Waals surface area contributed by atoms with Gasteiger partial charge in [0.15, 0.2) is 0 Å². The molecule has 1 atom stereocenters. The SMILES string of the molecule is CC1(C)CC(CC(=O)N2CCC[C@@H](O)CC2)CC(C)(C)N1. The third-order valence-corrected chi connectivity index (χ3v) is 4.79. The average molecular weight is 296 g/mol. The van der Waals surface area contributed by atoms with Gasteiger partial charge in [0, 0.05) is 30.6 Å². The Bertz CT molecular complexity index is 363. The molecule has 122 valence electrons. The van der Waals surface area contributed by atoms with Gasteiger partial charge in [-0.3, -0.25) is 4.79 Å². The van der Waals surface area contributed by atoms with Crippen LogP contribution in [0.3, 0.4) is 0 Å². The predicted molar refractivity (Wildman–Crippen MR) is 85.1 cm³/mol. The number of nitrogens with one attached hydrogen (secondary N) is 1. The zero-order valence-corrected chi connectivity index (χ0v) is 14.1. The summed E-state index contributed by atoms with van der Waals surface area (Å²) in [5, 5.41) is 13.4. The third-order valence-electron chi connectivity index (χ3n) is 4.79. The van der Waals surface area contributed by atoms with Crippen molar-refractivity contribution in [1.82, 2.24) is 10.2 Å². The Morgan fingerprint density at radius 2 is 1.76 bits per heavy atom. The Labute approximate surface area is 129 Å². The summed E-state index contributed by atoms with van der Waals surface area (Å²) in [7, 11) is 0. The maximum absolute atomic E-state index is 12.6. The minimum Gasteiger partial charge on any atom is -0.393 e. The number of aliphatic hydroxyl groups is 1. The van der Waals surface area contributed by atoms with E-state index in [0.29, 0.717) is 12.3 Å². The van der Waals surface area contributed by atoms with E-state index in [1.165, 1.54) is 0 Å². The molecule has 4 nitrogen and oxygen atoms in total. The van der Waals surface area contributed by atoms with Crippen molar-refractivity contribution in [2.24, 2.45) is 5.92 Å². The number of carbonyl (C=O) groups is 1. The minimum absolute atomic E-state index is 0.0989. The molecule has 0 unspecified atom stereocenters. The van der Waals surface area contributed by atoms with Gasteiger partial charge in [0.1, 0.15) is 0 Å². The number of amides is 1. The number of likely N-dealkylation sites (tertiary alicyclic amines) is 1. The van der Waals surface area contributed by atoms with Gasteiger partial charge in [0.2, 0.25) is 5.91 Å². The Morgan fingerprint density at radius 3 is 2.38 bits per heavy atom. The lowest BCUT2D eigenvalue weighted by Gasteiger charge is -2.46. The maximum Gasteiger partial charge on any atom is 0.222 e. The molecule has 2 fully saturated rings. The first-order valence-electron chi connectivity index (χ1n) is 8.42. The zero-order valence-electron chi connectivity index (χ0n) is 14.1. The standard InChI is InChI=1S/C17H32N2O2/c1-16(2)11-13(12-17(3,4)18-16)10-15(21)19-8-5-6-14(20)7-9-19/h13-14,18,20H,5-12H2,1-4H3/t14-/m1/s1. The Kier molecular flexibility index (Phi) is 4.99. The molecule has 21 heavy (non-hydrogen) atoms. The van der Waals surface area contributed by atoms with Crippen LogP contribution in [-0.4, -0.2) is 46.2 Å². The van der Waals surface area contributed by atoms with E-state index < -0.39 is 0 Å². The molecule has 2 aliphatic rings. The molecular weight excluding hydrogens is 264 g/mol. The molecule has 0 aromatic rings. The zero-order chi connectivity index (χ0) is 15.7. The highest BCUT2D eigenvalue weighted by atomic mass is 16.3. The van der Waals surface area contributed by atoms with Gasteiger partial charge in [-0.2, -0.15) is 0 Å². The Morgan fingerprint density at radius 1 is 1.14 bits per heavy atom. The molecule has 0 aromatic heterocycles. The summed E-state index contributed by atoms with van der Waals surface area (Å²) < 4.78 is 0. The fourth-order valence-electron chi connectivity index (χ4n) is 4.38. The van der Waals surface area contributed by atoms with Crippen molar-refractivity contribution in [1.29, 1.82) is 0 Å². The number of hydrogen-bond donors (Lipinski definition) is 2. The first-order chi connectivity index (χ1) is 9.67. The lowest BCUT2D eigenvalue weighted by Crippen LogP contribution is -2.58. The topological polar surface area (TPSA) is 52.6 Å². The molecule has 4 heteroatoms. The van der Waals surface area contributed by atoms with Crippen LogP contribution in [-0.2, 0) is 4.79 Å². The molecule has 2 N–H and O–H groups in total.